The van der Waals surface area contributed by atoms with Crippen LogP contribution in [0.2, 0.25) is 0 Å². The van der Waals surface area contributed by atoms with Crippen LogP contribution in [0.5, 0.6) is 11.5 Å². The number of nitrogens with two attached hydrogens (primary N) is 1. The van der Waals surface area contributed by atoms with Gasteiger partial charge in [0.05, 0.1) is 48.6 Å². The second kappa shape index (κ2) is 11.8. The van der Waals surface area contributed by atoms with Crippen LogP contribution >= 0.6 is 0 Å². The molecule has 0 fully saturated rings. The van der Waals surface area contributed by atoms with E-state index in [1.807, 2.05) is 6.07 Å². The van der Waals surface area contributed by atoms with Gasteiger partial charge in [0.2, 0.25) is 0 Å². The van der Waals surface area contributed by atoms with Crippen molar-refractivity contribution in [2.45, 2.75) is 12.1 Å². The van der Waals surface area contributed by atoms with Gasteiger partial charge >= 0.3 is 18.1 Å². The lowest BCUT2D eigenvalue weighted by Gasteiger charge is -2.36. The molecule has 3 aromatic carbocycles. The second-order valence-electron chi connectivity index (χ2n) is 8.82. The highest BCUT2D eigenvalue weighted by Crippen LogP contribution is 2.44. The number of hydrogen-bond donors (Lipinski definition) is 1. The van der Waals surface area contributed by atoms with Gasteiger partial charge in [0, 0.05) is 6.07 Å². The van der Waals surface area contributed by atoms with Crippen molar-refractivity contribution in [3.8, 4) is 17.6 Å². The fourth-order valence-electron chi connectivity index (χ4n) is 4.42. The molecule has 0 amide bonds. The summed E-state index contributed by atoms with van der Waals surface area (Å²) in [4.78, 5) is 27.1. The molecular formula is C29H19F6N3O5. The van der Waals surface area contributed by atoms with Crippen LogP contribution < -0.4 is 15.4 Å². The maximum Gasteiger partial charge on any atom is 0.416 e. The molecule has 4 rings (SSSR count). The molecule has 3 aromatic rings. The monoisotopic (exact) mass is 603 g/mol. The van der Waals surface area contributed by atoms with Crippen molar-refractivity contribution in [3.63, 3.8) is 0 Å². The minimum Gasteiger partial charge on any atom is -0.466 e. The van der Waals surface area contributed by atoms with Crippen molar-refractivity contribution in [2.24, 2.45) is 5.73 Å². The van der Waals surface area contributed by atoms with E-state index in [0.29, 0.717) is 5.56 Å². The summed E-state index contributed by atoms with van der Waals surface area (Å²) in [6, 6.07) is 12.4. The molecule has 0 bridgehead atoms. The van der Waals surface area contributed by atoms with Crippen molar-refractivity contribution in [1.82, 2.24) is 0 Å². The molecule has 43 heavy (non-hydrogen) atoms. The molecule has 1 heterocycles. The summed E-state index contributed by atoms with van der Waals surface area (Å²) in [6.07, 6.45) is -5.08. The maximum atomic E-state index is 14.8. The molecule has 1 aliphatic heterocycles. The summed E-state index contributed by atoms with van der Waals surface area (Å²) < 4.78 is 97.5. The number of allylic oxidation sites excluding steroid dienone is 1. The summed E-state index contributed by atoms with van der Waals surface area (Å²) in [5.41, 5.74) is 3.68. The molecule has 14 heteroatoms. The first kappa shape index (κ1) is 30.5. The predicted molar refractivity (Wildman–Crippen MR) is 137 cm³/mol. The van der Waals surface area contributed by atoms with Crippen LogP contribution in [0.1, 0.15) is 17.0 Å². The van der Waals surface area contributed by atoms with Crippen LogP contribution in [0.4, 0.5) is 32.0 Å². The largest absolute Gasteiger partial charge is 0.466 e. The van der Waals surface area contributed by atoms with E-state index in [1.54, 1.807) is 30.3 Å². The highest BCUT2D eigenvalue weighted by Gasteiger charge is 2.43. The second-order valence-corrected chi connectivity index (χ2v) is 8.82. The smallest absolute Gasteiger partial charge is 0.416 e. The number of ether oxygens (including phenoxy) is 3. The summed E-state index contributed by atoms with van der Waals surface area (Å²) >= 11 is 0. The first-order valence-corrected chi connectivity index (χ1v) is 12.0. The lowest BCUT2D eigenvalue weighted by molar-refractivity contribution is -0.139. The van der Waals surface area contributed by atoms with Crippen molar-refractivity contribution in [1.29, 1.82) is 5.26 Å². The van der Waals surface area contributed by atoms with Crippen LogP contribution in [0.25, 0.3) is 0 Å². The highest BCUT2D eigenvalue weighted by molar-refractivity contribution is 6.06. The van der Waals surface area contributed by atoms with E-state index in [2.05, 4.69) is 0 Å². The number of esters is 2. The third kappa shape index (κ3) is 5.69. The van der Waals surface area contributed by atoms with E-state index in [1.165, 1.54) is 0 Å². The lowest BCUT2D eigenvalue weighted by atomic mass is 9.81. The van der Waals surface area contributed by atoms with E-state index >= 15 is 0 Å². The number of benzene rings is 3. The quantitative estimate of drug-likeness (QED) is 0.277. The molecule has 222 valence electrons. The normalized spacial score (nSPS) is 15.2. The van der Waals surface area contributed by atoms with E-state index in [0.717, 1.165) is 37.3 Å². The number of anilines is 1. The van der Waals surface area contributed by atoms with Crippen molar-refractivity contribution < 1.29 is 50.1 Å². The fourth-order valence-corrected chi connectivity index (χ4v) is 4.42. The number of carbonyl (C=O) groups is 2. The van der Waals surface area contributed by atoms with E-state index in [9.17, 15) is 41.2 Å². The molecule has 1 unspecified atom stereocenters. The number of carbonyl (C=O) groups excluding carboxylic acids is 2. The fraction of sp³-hybridized carbons (Fsp3) is 0.138. The summed E-state index contributed by atoms with van der Waals surface area (Å²) in [5, 5.41) is 10.1. The summed E-state index contributed by atoms with van der Waals surface area (Å²) in [5.74, 6) is -10.8. The topological polar surface area (TPSA) is 115 Å². The summed E-state index contributed by atoms with van der Waals surface area (Å²) in [7, 11) is 2.02. The van der Waals surface area contributed by atoms with E-state index in [4.69, 9.17) is 19.9 Å². The predicted octanol–water partition coefficient (Wildman–Crippen LogP) is 5.81. The zero-order valence-corrected chi connectivity index (χ0v) is 22.1. The number of alkyl halides is 3. The van der Waals surface area contributed by atoms with Crippen LogP contribution in [0.3, 0.4) is 0 Å². The average molecular weight is 603 g/mol. The molecule has 0 aromatic heterocycles. The molecule has 0 radical (unpaired) electrons. The Morgan fingerprint density at radius 1 is 0.907 bits per heavy atom. The Morgan fingerprint density at radius 2 is 1.51 bits per heavy atom. The van der Waals surface area contributed by atoms with Gasteiger partial charge in [-0.15, -0.1) is 0 Å². The Hall–Kier alpha value is -5.45. The average Bonchev–Trinajstić information content (AvgIpc) is 2.98. The zero-order chi connectivity index (χ0) is 31.6. The minimum absolute atomic E-state index is 0.0326. The van der Waals surface area contributed by atoms with Gasteiger partial charge in [0.1, 0.15) is 11.5 Å². The van der Waals surface area contributed by atoms with Crippen LogP contribution in [0, 0.1) is 28.8 Å². The molecular weight excluding hydrogens is 584 g/mol. The molecule has 0 spiro atoms. The standard InChI is InChI=1S/C29H19F6N3O5/c1-41-27(39)23-22(14-6-4-3-5-7-14)17(13-36)26(37)38(24(23)28(40)42-2)16-8-9-18(30)21(12-16)43-25-19(31)10-15(11-20(25)32)29(33,34)35/h3-12,22H,37H2,1-2H3. The Balaban J connectivity index is 1.94. The Morgan fingerprint density at radius 3 is 2.05 bits per heavy atom. The summed E-state index contributed by atoms with van der Waals surface area (Å²) in [6.45, 7) is 0. The molecule has 8 nitrogen and oxygen atoms in total. The third-order valence-electron chi connectivity index (χ3n) is 6.32. The van der Waals surface area contributed by atoms with Crippen molar-refractivity contribution in [3.05, 3.63) is 112 Å². The minimum atomic E-state index is -5.08. The third-order valence-corrected chi connectivity index (χ3v) is 6.32. The first-order valence-electron chi connectivity index (χ1n) is 12.0. The number of methoxy groups -OCH3 is 2. The lowest BCUT2D eigenvalue weighted by Crippen LogP contribution is -2.40. The molecule has 0 saturated carbocycles. The Bertz CT molecular complexity index is 1690. The Kier molecular flexibility index (Phi) is 8.38. The van der Waals surface area contributed by atoms with Gasteiger partial charge in [-0.25, -0.2) is 22.8 Å². The molecule has 0 aliphatic carbocycles. The van der Waals surface area contributed by atoms with Crippen LogP contribution in [-0.4, -0.2) is 26.2 Å². The van der Waals surface area contributed by atoms with Crippen LogP contribution in [-0.2, 0) is 25.2 Å². The Labute approximate surface area is 239 Å². The van der Waals surface area contributed by atoms with Gasteiger partial charge in [-0.05, 0) is 29.8 Å². The van der Waals surface area contributed by atoms with Gasteiger partial charge in [0.15, 0.2) is 29.0 Å². The number of nitrogens with zero attached hydrogens (tertiary/aromatic N) is 2. The van der Waals surface area contributed by atoms with Gasteiger partial charge in [-0.2, -0.15) is 18.4 Å². The van der Waals surface area contributed by atoms with Crippen molar-refractivity contribution in [2.75, 3.05) is 19.1 Å². The molecule has 2 N–H and O–H groups in total. The van der Waals surface area contributed by atoms with Gasteiger partial charge in [-0.1, -0.05) is 30.3 Å². The zero-order valence-electron chi connectivity index (χ0n) is 22.1. The van der Waals surface area contributed by atoms with Crippen LogP contribution in [0.15, 0.2) is 83.3 Å². The molecule has 1 aliphatic rings. The maximum absolute atomic E-state index is 14.8. The number of halogens is 6. The van der Waals surface area contributed by atoms with Crippen molar-refractivity contribution >= 4 is 17.6 Å². The highest BCUT2D eigenvalue weighted by atomic mass is 19.4. The number of hydrogen-bond acceptors (Lipinski definition) is 8. The SMILES string of the molecule is COC(=O)C1=C(C(=O)OC)N(c2ccc(F)c(Oc3c(F)cc(C(F)(F)F)cc3F)c2)C(N)=C(C#N)C1c1ccccc1. The molecule has 0 saturated heterocycles. The number of rotatable bonds is 6. The van der Waals surface area contributed by atoms with Gasteiger partial charge in [-0.3, -0.25) is 4.90 Å². The van der Waals surface area contributed by atoms with Gasteiger partial charge in [0.25, 0.3) is 0 Å². The molecule has 1 atom stereocenters. The van der Waals surface area contributed by atoms with E-state index < -0.39 is 70.1 Å². The first-order chi connectivity index (χ1) is 20.3. The number of nitriles is 1. The van der Waals surface area contributed by atoms with Gasteiger partial charge < -0.3 is 19.9 Å². The van der Waals surface area contributed by atoms with E-state index in [-0.39, 0.29) is 29.0 Å².